The van der Waals surface area contributed by atoms with Gasteiger partial charge in [0.25, 0.3) is 5.91 Å². The highest BCUT2D eigenvalue weighted by molar-refractivity contribution is 7.48. The molecule has 2 aromatic heterocycles. The molecule has 12 nitrogen and oxygen atoms in total. The molecule has 3 aromatic carbocycles. The number of carbonyl (C=O) groups is 1. The lowest BCUT2D eigenvalue weighted by molar-refractivity contribution is -0.130. The van der Waals surface area contributed by atoms with Crippen LogP contribution in [0, 0.1) is 6.92 Å². The minimum atomic E-state index is -4.02. The number of carbonyl (C=O) groups excluding carboxylic acids is 1. The molecule has 5 aromatic rings. The summed E-state index contributed by atoms with van der Waals surface area (Å²) >= 11 is 20.1. The summed E-state index contributed by atoms with van der Waals surface area (Å²) in [7, 11) is -2.65. The van der Waals surface area contributed by atoms with Gasteiger partial charge in [-0.1, -0.05) is 95.5 Å². The van der Waals surface area contributed by atoms with Gasteiger partial charge in [0.1, 0.15) is 24.3 Å². The van der Waals surface area contributed by atoms with E-state index < -0.39 is 31.9 Å². The van der Waals surface area contributed by atoms with Crippen LogP contribution in [0.5, 0.6) is 11.6 Å². The van der Waals surface area contributed by atoms with E-state index in [2.05, 4.69) is 10.3 Å². The van der Waals surface area contributed by atoms with Crippen LogP contribution < -0.4 is 20.2 Å². The second kappa shape index (κ2) is 17.5. The molecule has 0 unspecified atom stereocenters. The molecule has 1 amide bonds. The molecular weight excluding hydrogens is 744 g/mol. The zero-order chi connectivity index (χ0) is 36.5. The Morgan fingerprint density at radius 1 is 0.882 bits per heavy atom. The van der Waals surface area contributed by atoms with Crippen LogP contribution in [0.2, 0.25) is 15.1 Å². The maximum Gasteiger partial charge on any atom is 0.475 e. The second-order valence-electron chi connectivity index (χ2n) is 10.9. The first-order valence-corrected chi connectivity index (χ1v) is 18.1. The van der Waals surface area contributed by atoms with Crippen LogP contribution in [0.3, 0.4) is 0 Å². The zero-order valence-corrected chi connectivity index (χ0v) is 30.5. The maximum absolute atomic E-state index is 13.6. The second-order valence-corrected chi connectivity index (χ2v) is 13.8. The van der Waals surface area contributed by atoms with Gasteiger partial charge in [-0.25, -0.2) is 9.55 Å². The lowest BCUT2D eigenvalue weighted by atomic mass is 10.2. The van der Waals surface area contributed by atoms with E-state index in [4.69, 9.17) is 57.8 Å². The summed E-state index contributed by atoms with van der Waals surface area (Å²) in [6.45, 7) is 0.971. The predicted octanol–water partition coefficient (Wildman–Crippen LogP) is 7.08. The summed E-state index contributed by atoms with van der Waals surface area (Å²) in [6.07, 6.45) is -0.237. The van der Waals surface area contributed by atoms with E-state index in [1.807, 2.05) is 60.7 Å². The Kier molecular flexibility index (Phi) is 13.1. The summed E-state index contributed by atoms with van der Waals surface area (Å²) < 4.78 is 43.5. The van der Waals surface area contributed by atoms with Crippen LogP contribution in [0.15, 0.2) is 89.9 Å². The topological polar surface area (TPSA) is 147 Å². The van der Waals surface area contributed by atoms with E-state index in [9.17, 15) is 19.3 Å². The molecule has 51 heavy (non-hydrogen) atoms. The molecule has 0 aliphatic carbocycles. The Balaban J connectivity index is 1.33. The standard InChI is InChI=1S/C35H33Cl3N3O9P/c1-22-15-29(42)31-33(28(38)18-40-35(31)47-21-30(43)34(44)39-2)41(22)32-26(36)16-25(17-27(32)37)46-13-14-48-51(45,49-19-23-9-5-3-6-10-23)50-20-24-11-7-4-8-12-24/h3-12,15-18,30,43H,13-14,19-21H2,1-2H3,(H,39,44)/t30-/m0/s1. The van der Waals surface area contributed by atoms with Gasteiger partial charge in [0.2, 0.25) is 5.88 Å². The number of fused-ring (bicyclic) bond motifs is 1. The average Bonchev–Trinajstić information content (AvgIpc) is 3.13. The van der Waals surface area contributed by atoms with Gasteiger partial charge in [-0.05, 0) is 18.1 Å². The number of pyridine rings is 2. The number of nitrogens with one attached hydrogen (secondary N) is 1. The monoisotopic (exact) mass is 775 g/mol. The van der Waals surface area contributed by atoms with Gasteiger partial charge < -0.3 is 24.5 Å². The minimum absolute atomic E-state index is 0.00515. The summed E-state index contributed by atoms with van der Waals surface area (Å²) in [5, 5.41) is 12.7. The first-order valence-electron chi connectivity index (χ1n) is 15.5. The Labute approximate surface area is 308 Å². The lowest BCUT2D eigenvalue weighted by Gasteiger charge is -2.21. The van der Waals surface area contributed by atoms with E-state index >= 15 is 0 Å². The number of likely N-dealkylation sites (N-methyl/N-ethyl adjacent to an activating group) is 1. The molecule has 1 atom stereocenters. The van der Waals surface area contributed by atoms with Crippen LogP contribution in [0.25, 0.3) is 16.6 Å². The van der Waals surface area contributed by atoms with Crippen molar-refractivity contribution >= 4 is 59.4 Å². The fourth-order valence-electron chi connectivity index (χ4n) is 4.92. The van der Waals surface area contributed by atoms with Gasteiger partial charge in [-0.3, -0.25) is 23.2 Å². The zero-order valence-electron chi connectivity index (χ0n) is 27.4. The Bertz CT molecular complexity index is 2030. The number of ether oxygens (including phenoxy) is 2. The van der Waals surface area contributed by atoms with Crippen molar-refractivity contribution in [3.63, 3.8) is 0 Å². The number of hydrogen-bond acceptors (Lipinski definition) is 10. The van der Waals surface area contributed by atoms with Crippen LogP contribution >= 0.6 is 42.6 Å². The maximum atomic E-state index is 13.6. The molecule has 16 heteroatoms. The number of halogens is 3. The Hall–Kier alpha value is -3.97. The summed E-state index contributed by atoms with van der Waals surface area (Å²) in [5.41, 5.74) is 2.01. The third-order valence-corrected chi connectivity index (χ3v) is 9.58. The van der Waals surface area contributed by atoms with E-state index in [0.29, 0.717) is 5.69 Å². The first-order chi connectivity index (χ1) is 24.5. The molecule has 0 radical (unpaired) electrons. The lowest BCUT2D eigenvalue weighted by Crippen LogP contribution is -2.36. The summed E-state index contributed by atoms with van der Waals surface area (Å²) in [5.74, 6) is -0.553. The summed E-state index contributed by atoms with van der Waals surface area (Å²) in [6, 6.07) is 22.8. The molecule has 0 spiro atoms. The number of phosphoric ester groups is 1. The average molecular weight is 777 g/mol. The third kappa shape index (κ3) is 9.68. The van der Waals surface area contributed by atoms with Crippen molar-refractivity contribution in [2.45, 2.75) is 26.2 Å². The summed E-state index contributed by atoms with van der Waals surface area (Å²) in [4.78, 5) is 29.1. The molecule has 2 heterocycles. The van der Waals surface area contributed by atoms with Gasteiger partial charge in [-0.2, -0.15) is 0 Å². The highest BCUT2D eigenvalue weighted by Gasteiger charge is 2.28. The SMILES string of the molecule is CNC(=O)[C@@H](O)COc1ncc(Cl)c2c1c(=O)cc(C)n2-c1c(Cl)cc(OCCOP(=O)(OCc2ccccc2)OCc2ccccc2)cc1Cl. The number of amides is 1. The molecule has 0 aliphatic rings. The van der Waals surface area contributed by atoms with E-state index in [0.717, 1.165) is 11.1 Å². The van der Waals surface area contributed by atoms with Crippen LogP contribution in [0.4, 0.5) is 0 Å². The van der Waals surface area contributed by atoms with E-state index in [1.54, 1.807) is 11.5 Å². The fourth-order valence-corrected chi connectivity index (χ4v) is 6.92. The number of hydrogen-bond donors (Lipinski definition) is 2. The predicted molar refractivity (Wildman–Crippen MR) is 194 cm³/mol. The van der Waals surface area contributed by atoms with Crippen molar-refractivity contribution in [1.82, 2.24) is 14.9 Å². The fraction of sp³-hybridized carbons (Fsp3) is 0.229. The molecule has 0 bridgehead atoms. The van der Waals surface area contributed by atoms with Crippen LogP contribution in [-0.4, -0.2) is 53.5 Å². The molecule has 0 aliphatic heterocycles. The van der Waals surface area contributed by atoms with E-state index in [1.165, 1.54) is 31.4 Å². The first kappa shape index (κ1) is 38.3. The van der Waals surface area contributed by atoms with Gasteiger partial charge >= 0.3 is 7.82 Å². The number of rotatable bonds is 16. The van der Waals surface area contributed by atoms with Gasteiger partial charge in [-0.15, -0.1) is 0 Å². The molecular formula is C35H33Cl3N3O9P. The number of phosphoric acid groups is 1. The number of aliphatic hydroxyl groups is 1. The molecule has 2 N–H and O–H groups in total. The van der Waals surface area contributed by atoms with E-state index in [-0.39, 0.29) is 69.7 Å². The van der Waals surface area contributed by atoms with Crippen molar-refractivity contribution in [2.75, 3.05) is 26.9 Å². The van der Waals surface area contributed by atoms with Crippen molar-refractivity contribution in [1.29, 1.82) is 0 Å². The van der Waals surface area contributed by atoms with Gasteiger partial charge in [0.05, 0.1) is 52.3 Å². The quantitative estimate of drug-likeness (QED) is 0.0788. The number of aromatic nitrogens is 2. The van der Waals surface area contributed by atoms with Crippen molar-refractivity contribution in [3.05, 3.63) is 127 Å². The number of nitrogens with zero attached hydrogens (tertiary/aromatic N) is 2. The van der Waals surface area contributed by atoms with Crippen molar-refractivity contribution < 1.29 is 37.5 Å². The largest absolute Gasteiger partial charge is 0.491 e. The normalized spacial score (nSPS) is 12.1. The number of benzene rings is 3. The Morgan fingerprint density at radius 3 is 2.04 bits per heavy atom. The molecule has 0 fully saturated rings. The van der Waals surface area contributed by atoms with Crippen molar-refractivity contribution in [2.24, 2.45) is 0 Å². The van der Waals surface area contributed by atoms with Crippen LogP contribution in [-0.2, 0) is 36.1 Å². The number of aryl methyl sites for hydroxylation is 1. The molecule has 5 rings (SSSR count). The smallest absolute Gasteiger partial charge is 0.475 e. The third-order valence-electron chi connectivity index (χ3n) is 7.34. The number of aliphatic hydroxyl groups excluding tert-OH is 1. The molecule has 268 valence electrons. The minimum Gasteiger partial charge on any atom is -0.491 e. The van der Waals surface area contributed by atoms with Gasteiger partial charge in [0.15, 0.2) is 11.5 Å². The van der Waals surface area contributed by atoms with Gasteiger partial charge in [0, 0.05) is 30.9 Å². The molecule has 0 saturated heterocycles. The Morgan fingerprint density at radius 2 is 1.47 bits per heavy atom. The van der Waals surface area contributed by atoms with Crippen molar-refractivity contribution in [3.8, 4) is 17.3 Å². The molecule has 0 saturated carbocycles. The van der Waals surface area contributed by atoms with Crippen LogP contribution in [0.1, 0.15) is 16.8 Å². The highest BCUT2D eigenvalue weighted by atomic mass is 35.5. The highest BCUT2D eigenvalue weighted by Crippen LogP contribution is 2.51.